The van der Waals surface area contributed by atoms with Gasteiger partial charge in [-0.15, -0.1) is 0 Å². The molecule has 0 saturated heterocycles. The maximum atomic E-state index is 10.5. The van der Waals surface area contributed by atoms with Gasteiger partial charge >= 0.3 is 5.97 Å². The normalized spacial score (nSPS) is 12.2. The van der Waals surface area contributed by atoms with Gasteiger partial charge in [-0.3, -0.25) is 0 Å². The van der Waals surface area contributed by atoms with Gasteiger partial charge in [0, 0.05) is 5.56 Å². The second kappa shape index (κ2) is 6.25. The number of rotatable bonds is 6. The molecule has 1 aromatic carbocycles. The molecule has 0 aliphatic heterocycles. The van der Waals surface area contributed by atoms with E-state index in [4.69, 9.17) is 14.6 Å². The Labute approximate surface area is 101 Å². The molecule has 0 aromatic heterocycles. The van der Waals surface area contributed by atoms with Crippen molar-refractivity contribution in [1.82, 2.24) is 0 Å². The number of carboxylic acid groups (broad SMARTS) is 1. The van der Waals surface area contributed by atoms with Crippen LogP contribution in [-0.2, 0) is 16.0 Å². The molecule has 0 spiro atoms. The molecule has 1 N–H and O–H groups in total. The molecule has 0 heterocycles. The van der Waals surface area contributed by atoms with Gasteiger partial charge in [0.1, 0.15) is 12.4 Å². The Bertz CT molecular complexity index is 387. The minimum Gasteiger partial charge on any atom is -0.496 e. The molecule has 1 unspecified atom stereocenters. The third kappa shape index (κ3) is 3.75. The summed E-state index contributed by atoms with van der Waals surface area (Å²) in [6, 6.07) is 5.87. The predicted molar refractivity (Wildman–Crippen MR) is 64.4 cm³/mol. The van der Waals surface area contributed by atoms with E-state index in [-0.39, 0.29) is 12.7 Å². The zero-order chi connectivity index (χ0) is 12.8. The summed E-state index contributed by atoms with van der Waals surface area (Å²) in [6.45, 7) is 3.58. The number of aliphatic carboxylic acids is 1. The molecule has 0 fully saturated rings. The second-order valence-electron chi connectivity index (χ2n) is 3.78. The Hall–Kier alpha value is -1.55. The number of hydrogen-bond donors (Lipinski definition) is 1. The Morgan fingerprint density at radius 1 is 1.47 bits per heavy atom. The number of carbonyl (C=O) groups is 1. The first-order valence-corrected chi connectivity index (χ1v) is 5.58. The summed E-state index contributed by atoms with van der Waals surface area (Å²) < 4.78 is 10.5. The molecular formula is C13H18O4. The number of benzene rings is 1. The van der Waals surface area contributed by atoms with Gasteiger partial charge in [-0.1, -0.05) is 13.0 Å². The number of carboxylic acids is 1. The molecule has 0 bridgehead atoms. The van der Waals surface area contributed by atoms with Crippen LogP contribution in [0.2, 0.25) is 0 Å². The highest BCUT2D eigenvalue weighted by atomic mass is 16.5. The molecule has 4 heteroatoms. The van der Waals surface area contributed by atoms with Crippen molar-refractivity contribution in [1.29, 1.82) is 0 Å². The largest absolute Gasteiger partial charge is 0.496 e. The molecular weight excluding hydrogens is 220 g/mol. The van der Waals surface area contributed by atoms with Gasteiger partial charge in [0.15, 0.2) is 0 Å². The van der Waals surface area contributed by atoms with Crippen molar-refractivity contribution in [3.63, 3.8) is 0 Å². The standard InChI is InChI=1S/C13H18O4/c1-4-10-5-6-12(16-3)11(7-10)9(2)17-8-13(14)15/h5-7,9H,4,8H2,1-3H3,(H,14,15). The lowest BCUT2D eigenvalue weighted by molar-refractivity contribution is -0.144. The molecule has 0 amide bonds. The first-order valence-electron chi connectivity index (χ1n) is 5.58. The summed E-state index contributed by atoms with van der Waals surface area (Å²) in [7, 11) is 1.59. The van der Waals surface area contributed by atoms with E-state index in [0.29, 0.717) is 0 Å². The molecule has 4 nitrogen and oxygen atoms in total. The average molecular weight is 238 g/mol. The highest BCUT2D eigenvalue weighted by molar-refractivity contribution is 5.68. The van der Waals surface area contributed by atoms with Gasteiger partial charge in [-0.2, -0.15) is 0 Å². The van der Waals surface area contributed by atoms with Crippen LogP contribution in [0.5, 0.6) is 5.75 Å². The summed E-state index contributed by atoms with van der Waals surface area (Å²) in [5.74, 6) is -0.248. The van der Waals surface area contributed by atoms with Crippen molar-refractivity contribution in [3.05, 3.63) is 29.3 Å². The maximum absolute atomic E-state index is 10.5. The van der Waals surface area contributed by atoms with Gasteiger partial charge in [0.25, 0.3) is 0 Å². The first-order chi connectivity index (χ1) is 8.08. The fourth-order valence-corrected chi connectivity index (χ4v) is 1.61. The van der Waals surface area contributed by atoms with E-state index < -0.39 is 5.97 Å². The van der Waals surface area contributed by atoms with Crippen LogP contribution in [0.1, 0.15) is 31.1 Å². The maximum Gasteiger partial charge on any atom is 0.329 e. The number of hydrogen-bond acceptors (Lipinski definition) is 3. The average Bonchev–Trinajstić information content (AvgIpc) is 2.34. The molecule has 1 atom stereocenters. The monoisotopic (exact) mass is 238 g/mol. The van der Waals surface area contributed by atoms with Crippen LogP contribution in [-0.4, -0.2) is 24.8 Å². The molecule has 0 aliphatic rings. The zero-order valence-electron chi connectivity index (χ0n) is 10.4. The topological polar surface area (TPSA) is 55.8 Å². The SMILES string of the molecule is CCc1ccc(OC)c(C(C)OCC(=O)O)c1. The lowest BCUT2D eigenvalue weighted by Gasteiger charge is -2.16. The number of methoxy groups -OCH3 is 1. The summed E-state index contributed by atoms with van der Waals surface area (Å²) in [5, 5.41) is 8.58. The van der Waals surface area contributed by atoms with Crippen LogP contribution in [0.15, 0.2) is 18.2 Å². The Morgan fingerprint density at radius 3 is 2.71 bits per heavy atom. The summed E-state index contributed by atoms with van der Waals surface area (Å²) >= 11 is 0. The fourth-order valence-electron chi connectivity index (χ4n) is 1.61. The van der Waals surface area contributed by atoms with Crippen molar-refractivity contribution in [2.45, 2.75) is 26.4 Å². The van der Waals surface area contributed by atoms with Crippen molar-refractivity contribution >= 4 is 5.97 Å². The van der Waals surface area contributed by atoms with Crippen molar-refractivity contribution in [2.24, 2.45) is 0 Å². The second-order valence-corrected chi connectivity index (χ2v) is 3.78. The van der Waals surface area contributed by atoms with Gasteiger partial charge in [0.2, 0.25) is 0 Å². The summed E-state index contributed by atoms with van der Waals surface area (Å²) in [5.41, 5.74) is 2.06. The quantitative estimate of drug-likeness (QED) is 0.827. The third-order valence-electron chi connectivity index (χ3n) is 2.60. The van der Waals surface area contributed by atoms with E-state index in [2.05, 4.69) is 6.92 Å². The molecule has 0 radical (unpaired) electrons. The summed E-state index contributed by atoms with van der Waals surface area (Å²) in [6.07, 6.45) is 0.621. The zero-order valence-corrected chi connectivity index (χ0v) is 10.4. The fraction of sp³-hybridized carbons (Fsp3) is 0.462. The molecule has 94 valence electrons. The van der Waals surface area contributed by atoms with Crippen molar-refractivity contribution in [2.75, 3.05) is 13.7 Å². The van der Waals surface area contributed by atoms with Crippen molar-refractivity contribution < 1.29 is 19.4 Å². The van der Waals surface area contributed by atoms with E-state index in [0.717, 1.165) is 17.7 Å². The van der Waals surface area contributed by atoms with Gasteiger partial charge in [0.05, 0.1) is 13.2 Å². The summed E-state index contributed by atoms with van der Waals surface area (Å²) in [4.78, 5) is 10.5. The van der Waals surface area contributed by atoms with Crippen LogP contribution < -0.4 is 4.74 Å². The lowest BCUT2D eigenvalue weighted by Crippen LogP contribution is -2.11. The van der Waals surface area contributed by atoms with Gasteiger partial charge < -0.3 is 14.6 Å². The van der Waals surface area contributed by atoms with Gasteiger partial charge in [-0.25, -0.2) is 4.79 Å². The van der Waals surface area contributed by atoms with E-state index in [1.807, 2.05) is 25.1 Å². The van der Waals surface area contributed by atoms with Gasteiger partial charge in [-0.05, 0) is 31.0 Å². The molecule has 0 saturated carbocycles. The van der Waals surface area contributed by atoms with Crippen LogP contribution in [0.3, 0.4) is 0 Å². The highest BCUT2D eigenvalue weighted by Gasteiger charge is 2.13. The van der Waals surface area contributed by atoms with Crippen LogP contribution >= 0.6 is 0 Å². The molecule has 17 heavy (non-hydrogen) atoms. The Kier molecular flexibility index (Phi) is 4.97. The predicted octanol–water partition coefficient (Wildman–Crippen LogP) is 2.42. The van der Waals surface area contributed by atoms with E-state index in [1.165, 1.54) is 5.56 Å². The Balaban J connectivity index is 2.88. The van der Waals surface area contributed by atoms with Crippen LogP contribution in [0, 0.1) is 0 Å². The number of aryl methyl sites for hydroxylation is 1. The highest BCUT2D eigenvalue weighted by Crippen LogP contribution is 2.28. The smallest absolute Gasteiger partial charge is 0.329 e. The lowest BCUT2D eigenvalue weighted by atomic mass is 10.0. The van der Waals surface area contributed by atoms with E-state index >= 15 is 0 Å². The first kappa shape index (κ1) is 13.5. The van der Waals surface area contributed by atoms with Crippen LogP contribution in [0.25, 0.3) is 0 Å². The molecule has 1 aromatic rings. The minimum absolute atomic E-state index is 0.299. The van der Waals surface area contributed by atoms with Crippen LogP contribution in [0.4, 0.5) is 0 Å². The molecule has 1 rings (SSSR count). The Morgan fingerprint density at radius 2 is 2.18 bits per heavy atom. The number of ether oxygens (including phenoxy) is 2. The van der Waals surface area contributed by atoms with E-state index in [9.17, 15) is 4.79 Å². The van der Waals surface area contributed by atoms with Crippen molar-refractivity contribution in [3.8, 4) is 5.75 Å². The van der Waals surface area contributed by atoms with E-state index in [1.54, 1.807) is 7.11 Å². The molecule has 0 aliphatic carbocycles. The third-order valence-corrected chi connectivity index (χ3v) is 2.60. The minimum atomic E-state index is -0.970.